The van der Waals surface area contributed by atoms with Gasteiger partial charge in [0.1, 0.15) is 5.75 Å². The lowest BCUT2D eigenvalue weighted by Gasteiger charge is -2.26. The first-order valence-electron chi connectivity index (χ1n) is 6.19. The van der Waals surface area contributed by atoms with Crippen molar-refractivity contribution >= 4 is 0 Å². The second-order valence-corrected chi connectivity index (χ2v) is 4.53. The van der Waals surface area contributed by atoms with Gasteiger partial charge in [0.2, 0.25) is 0 Å². The van der Waals surface area contributed by atoms with Crippen molar-refractivity contribution in [2.24, 2.45) is 5.73 Å². The number of ether oxygens (including phenoxy) is 1. The molecule has 1 rings (SSSR count). The summed E-state index contributed by atoms with van der Waals surface area (Å²) in [6.07, 6.45) is 3.28. The first kappa shape index (κ1) is 14.0. The van der Waals surface area contributed by atoms with Crippen molar-refractivity contribution in [2.45, 2.75) is 38.2 Å². The zero-order chi connectivity index (χ0) is 12.7. The van der Waals surface area contributed by atoms with Crippen LogP contribution in [-0.2, 0) is 6.42 Å². The summed E-state index contributed by atoms with van der Waals surface area (Å²) in [6, 6.07) is 7.94. The van der Waals surface area contributed by atoms with Crippen LogP contribution in [0.4, 0.5) is 0 Å². The van der Waals surface area contributed by atoms with E-state index in [2.05, 4.69) is 6.92 Å². The summed E-state index contributed by atoms with van der Waals surface area (Å²) in [6.45, 7) is 2.39. The average molecular weight is 237 g/mol. The van der Waals surface area contributed by atoms with Gasteiger partial charge in [-0.05, 0) is 37.0 Å². The Morgan fingerprint density at radius 3 is 2.35 bits per heavy atom. The Balaban J connectivity index is 2.53. The smallest absolute Gasteiger partial charge is 0.118 e. The average Bonchev–Trinajstić information content (AvgIpc) is 2.37. The van der Waals surface area contributed by atoms with Crippen LogP contribution in [0.2, 0.25) is 0 Å². The summed E-state index contributed by atoms with van der Waals surface area (Å²) < 4.78 is 5.10. The molecule has 96 valence electrons. The van der Waals surface area contributed by atoms with E-state index in [4.69, 9.17) is 10.5 Å². The largest absolute Gasteiger partial charge is 0.497 e. The van der Waals surface area contributed by atoms with Gasteiger partial charge in [0.25, 0.3) is 0 Å². The fourth-order valence-corrected chi connectivity index (χ4v) is 1.96. The van der Waals surface area contributed by atoms with Crippen molar-refractivity contribution in [3.63, 3.8) is 0 Å². The highest BCUT2D eigenvalue weighted by Gasteiger charge is 2.23. The molecule has 1 aromatic rings. The van der Waals surface area contributed by atoms with E-state index < -0.39 is 5.60 Å². The second-order valence-electron chi connectivity index (χ2n) is 4.53. The second kappa shape index (κ2) is 6.62. The van der Waals surface area contributed by atoms with Gasteiger partial charge in [-0.1, -0.05) is 25.5 Å². The predicted molar refractivity (Wildman–Crippen MR) is 70.2 cm³/mol. The Kier molecular flexibility index (Phi) is 5.45. The van der Waals surface area contributed by atoms with E-state index in [9.17, 15) is 5.11 Å². The van der Waals surface area contributed by atoms with Crippen LogP contribution < -0.4 is 10.5 Å². The molecule has 1 atom stereocenters. The van der Waals surface area contributed by atoms with Crippen molar-refractivity contribution < 1.29 is 9.84 Å². The van der Waals surface area contributed by atoms with E-state index in [1.54, 1.807) is 7.11 Å². The molecule has 0 aliphatic heterocycles. The maximum atomic E-state index is 10.2. The molecule has 0 amide bonds. The third-order valence-corrected chi connectivity index (χ3v) is 3.13. The van der Waals surface area contributed by atoms with Gasteiger partial charge in [0, 0.05) is 6.54 Å². The van der Waals surface area contributed by atoms with Crippen LogP contribution in [-0.4, -0.2) is 24.4 Å². The highest BCUT2D eigenvalue weighted by atomic mass is 16.5. The van der Waals surface area contributed by atoms with Crippen molar-refractivity contribution in [1.29, 1.82) is 0 Å². The molecule has 3 nitrogen and oxygen atoms in total. The third kappa shape index (κ3) is 4.36. The molecule has 0 saturated carbocycles. The summed E-state index contributed by atoms with van der Waals surface area (Å²) in [4.78, 5) is 0. The number of methoxy groups -OCH3 is 1. The van der Waals surface area contributed by atoms with E-state index in [1.165, 1.54) is 5.56 Å². The molecule has 17 heavy (non-hydrogen) atoms. The number of rotatable bonds is 7. The molecule has 0 saturated heterocycles. The summed E-state index contributed by atoms with van der Waals surface area (Å²) >= 11 is 0. The number of hydrogen-bond acceptors (Lipinski definition) is 3. The number of nitrogens with two attached hydrogens (primary N) is 1. The SMILES string of the molecule is CCCC(O)(CN)CCc1ccc(OC)cc1. The van der Waals surface area contributed by atoms with Gasteiger partial charge in [-0.25, -0.2) is 0 Å². The van der Waals surface area contributed by atoms with Crippen LogP contribution in [0, 0.1) is 0 Å². The van der Waals surface area contributed by atoms with Crippen LogP contribution in [0.1, 0.15) is 31.7 Å². The molecule has 3 N–H and O–H groups in total. The van der Waals surface area contributed by atoms with Crippen LogP contribution >= 0.6 is 0 Å². The zero-order valence-electron chi connectivity index (χ0n) is 10.8. The summed E-state index contributed by atoms with van der Waals surface area (Å²) in [7, 11) is 1.66. The Hall–Kier alpha value is -1.06. The Morgan fingerprint density at radius 1 is 1.24 bits per heavy atom. The van der Waals surface area contributed by atoms with Crippen LogP contribution in [0.5, 0.6) is 5.75 Å². The van der Waals surface area contributed by atoms with Gasteiger partial charge in [-0.15, -0.1) is 0 Å². The molecule has 0 aliphatic carbocycles. The van der Waals surface area contributed by atoms with Crippen molar-refractivity contribution in [1.82, 2.24) is 0 Å². The van der Waals surface area contributed by atoms with Crippen molar-refractivity contribution in [3.05, 3.63) is 29.8 Å². The first-order valence-corrected chi connectivity index (χ1v) is 6.19. The van der Waals surface area contributed by atoms with Gasteiger partial charge in [-0.3, -0.25) is 0 Å². The molecule has 0 aromatic heterocycles. The maximum absolute atomic E-state index is 10.2. The molecular weight excluding hydrogens is 214 g/mol. The van der Waals surface area contributed by atoms with E-state index in [0.29, 0.717) is 13.0 Å². The molecule has 0 heterocycles. The summed E-state index contributed by atoms with van der Waals surface area (Å²) in [5, 5.41) is 10.2. The van der Waals surface area contributed by atoms with Crippen molar-refractivity contribution in [2.75, 3.05) is 13.7 Å². The zero-order valence-corrected chi connectivity index (χ0v) is 10.8. The normalized spacial score (nSPS) is 14.4. The molecular formula is C14H23NO2. The minimum Gasteiger partial charge on any atom is -0.497 e. The van der Waals surface area contributed by atoms with E-state index in [1.807, 2.05) is 24.3 Å². The number of benzene rings is 1. The van der Waals surface area contributed by atoms with Gasteiger partial charge in [0.05, 0.1) is 12.7 Å². The lowest BCUT2D eigenvalue weighted by molar-refractivity contribution is 0.0312. The van der Waals surface area contributed by atoms with Crippen LogP contribution in [0.25, 0.3) is 0 Å². The van der Waals surface area contributed by atoms with Gasteiger partial charge in [0.15, 0.2) is 0 Å². The van der Waals surface area contributed by atoms with Gasteiger partial charge < -0.3 is 15.6 Å². The monoisotopic (exact) mass is 237 g/mol. The minimum atomic E-state index is -0.714. The standard InChI is InChI=1S/C14H23NO2/c1-3-9-14(16,11-15)10-8-12-4-6-13(17-2)7-5-12/h4-7,16H,3,8-11,15H2,1-2H3. The summed E-state index contributed by atoms with van der Waals surface area (Å²) in [5.41, 5.74) is 6.12. The Bertz CT molecular complexity index is 323. The van der Waals surface area contributed by atoms with E-state index >= 15 is 0 Å². The highest BCUT2D eigenvalue weighted by molar-refractivity contribution is 5.27. The molecule has 1 aromatic carbocycles. The number of hydrogen-bond donors (Lipinski definition) is 2. The van der Waals surface area contributed by atoms with E-state index in [-0.39, 0.29) is 0 Å². The third-order valence-electron chi connectivity index (χ3n) is 3.13. The van der Waals surface area contributed by atoms with Gasteiger partial charge in [-0.2, -0.15) is 0 Å². The molecule has 0 fully saturated rings. The Labute approximate surface area is 104 Å². The topological polar surface area (TPSA) is 55.5 Å². The number of aliphatic hydroxyl groups is 1. The summed E-state index contributed by atoms with van der Waals surface area (Å²) in [5.74, 6) is 0.858. The van der Waals surface area contributed by atoms with Gasteiger partial charge >= 0.3 is 0 Å². The van der Waals surface area contributed by atoms with Crippen LogP contribution in [0.3, 0.4) is 0 Å². The Morgan fingerprint density at radius 2 is 1.88 bits per heavy atom. The first-order chi connectivity index (χ1) is 8.13. The molecule has 0 radical (unpaired) electrons. The lowest BCUT2D eigenvalue weighted by atomic mass is 9.91. The molecule has 1 unspecified atom stereocenters. The fraction of sp³-hybridized carbons (Fsp3) is 0.571. The number of aryl methyl sites for hydroxylation is 1. The molecule has 3 heteroatoms. The maximum Gasteiger partial charge on any atom is 0.118 e. The molecule has 0 bridgehead atoms. The minimum absolute atomic E-state index is 0.330. The lowest BCUT2D eigenvalue weighted by Crippen LogP contribution is -2.38. The fourth-order valence-electron chi connectivity index (χ4n) is 1.96. The highest BCUT2D eigenvalue weighted by Crippen LogP contribution is 2.20. The van der Waals surface area contributed by atoms with Crippen molar-refractivity contribution in [3.8, 4) is 5.75 Å². The van der Waals surface area contributed by atoms with E-state index in [0.717, 1.165) is 25.0 Å². The molecule has 0 aliphatic rings. The molecule has 0 spiro atoms. The predicted octanol–water partition coefficient (Wildman–Crippen LogP) is 2.12. The van der Waals surface area contributed by atoms with Crippen LogP contribution in [0.15, 0.2) is 24.3 Å². The quantitative estimate of drug-likeness (QED) is 0.763.